The molecule has 1 N–H and O–H groups in total. The van der Waals surface area contributed by atoms with Crippen LogP contribution in [0.15, 0.2) is 59.1 Å². The Morgan fingerprint density at radius 1 is 1.04 bits per heavy atom. The maximum absolute atomic E-state index is 12.4. The van der Waals surface area contributed by atoms with Gasteiger partial charge < -0.3 is 5.32 Å². The molecule has 1 aliphatic rings. The highest BCUT2D eigenvalue weighted by Crippen LogP contribution is 2.22. The molecule has 0 spiro atoms. The highest BCUT2D eigenvalue weighted by atomic mass is 79.9. The summed E-state index contributed by atoms with van der Waals surface area (Å²) in [4.78, 5) is 37.8. The number of nitrogens with one attached hydrogen (secondary N) is 1. The van der Waals surface area contributed by atoms with Crippen LogP contribution in [-0.4, -0.2) is 29.2 Å². The molecule has 1 atom stereocenters. The number of ketones is 1. The molecule has 1 aliphatic heterocycles. The number of carbonyl (C=O) groups is 3. The number of halogens is 1. The Morgan fingerprint density at radius 2 is 1.71 bits per heavy atom. The Hall–Kier alpha value is -2.47. The molecule has 1 fully saturated rings. The first kappa shape index (κ1) is 16.4. The van der Waals surface area contributed by atoms with E-state index in [1.165, 1.54) is 0 Å². The van der Waals surface area contributed by atoms with Crippen LogP contribution in [0.2, 0.25) is 0 Å². The quantitative estimate of drug-likeness (QED) is 0.632. The minimum atomic E-state index is -0.679. The largest absolute Gasteiger partial charge is 0.325 e. The average molecular weight is 387 g/mol. The fourth-order valence-electron chi connectivity index (χ4n) is 2.60. The van der Waals surface area contributed by atoms with Gasteiger partial charge in [0.1, 0.15) is 6.04 Å². The number of rotatable bonds is 5. The van der Waals surface area contributed by atoms with Crippen LogP contribution in [0.5, 0.6) is 0 Å². The second kappa shape index (κ2) is 6.97. The second-order valence-corrected chi connectivity index (χ2v) is 6.38. The van der Waals surface area contributed by atoms with Gasteiger partial charge in [-0.25, -0.2) is 4.79 Å². The van der Waals surface area contributed by atoms with E-state index in [1.54, 1.807) is 36.4 Å². The van der Waals surface area contributed by atoms with Crippen LogP contribution in [0.1, 0.15) is 28.4 Å². The van der Waals surface area contributed by atoms with Gasteiger partial charge in [-0.05, 0) is 17.7 Å². The molecule has 3 rings (SSSR count). The molecule has 5 nitrogen and oxygen atoms in total. The van der Waals surface area contributed by atoms with Crippen LogP contribution in [-0.2, 0) is 4.79 Å². The average Bonchev–Trinajstić information content (AvgIpc) is 2.88. The highest BCUT2D eigenvalue weighted by molar-refractivity contribution is 9.10. The van der Waals surface area contributed by atoms with E-state index in [2.05, 4.69) is 21.2 Å². The summed E-state index contributed by atoms with van der Waals surface area (Å²) in [6.45, 7) is 0.0723. The molecule has 0 radical (unpaired) electrons. The Bertz CT molecular complexity index is 775. The topological polar surface area (TPSA) is 66.5 Å². The van der Waals surface area contributed by atoms with Crippen LogP contribution >= 0.6 is 15.9 Å². The number of amides is 3. The molecular formula is C18H15BrN2O3. The third kappa shape index (κ3) is 3.38. The minimum absolute atomic E-state index is 0.0723. The van der Waals surface area contributed by atoms with Crippen molar-refractivity contribution in [2.45, 2.75) is 12.5 Å². The molecule has 1 heterocycles. The lowest BCUT2D eigenvalue weighted by atomic mass is 10.1. The van der Waals surface area contributed by atoms with E-state index in [-0.39, 0.29) is 24.7 Å². The summed E-state index contributed by atoms with van der Waals surface area (Å²) < 4.78 is 0.888. The van der Waals surface area contributed by atoms with Gasteiger partial charge in [-0.15, -0.1) is 0 Å². The number of hydrogen-bond donors (Lipinski definition) is 1. The van der Waals surface area contributed by atoms with Crippen molar-refractivity contribution in [1.29, 1.82) is 0 Å². The zero-order valence-corrected chi connectivity index (χ0v) is 14.3. The van der Waals surface area contributed by atoms with Gasteiger partial charge >= 0.3 is 6.03 Å². The van der Waals surface area contributed by atoms with Crippen LogP contribution in [0, 0.1) is 0 Å². The fraction of sp³-hybridized carbons (Fsp3) is 0.167. The molecule has 2 aromatic rings. The van der Waals surface area contributed by atoms with E-state index in [1.807, 2.05) is 18.2 Å². The van der Waals surface area contributed by atoms with E-state index >= 15 is 0 Å². The maximum atomic E-state index is 12.4. The molecule has 1 saturated heterocycles. The SMILES string of the molecule is O=C(CCN1C(=O)NC(c2ccccc2)C1=O)c1ccc(Br)cc1. The molecule has 3 amide bonds. The summed E-state index contributed by atoms with van der Waals surface area (Å²) in [7, 11) is 0. The summed E-state index contributed by atoms with van der Waals surface area (Å²) in [5, 5.41) is 2.66. The minimum Gasteiger partial charge on any atom is -0.322 e. The van der Waals surface area contributed by atoms with Crippen molar-refractivity contribution < 1.29 is 14.4 Å². The molecule has 0 saturated carbocycles. The van der Waals surface area contributed by atoms with Gasteiger partial charge in [0.2, 0.25) is 0 Å². The lowest BCUT2D eigenvalue weighted by Crippen LogP contribution is -2.33. The maximum Gasteiger partial charge on any atom is 0.325 e. The summed E-state index contributed by atoms with van der Waals surface area (Å²) >= 11 is 3.31. The van der Waals surface area contributed by atoms with Gasteiger partial charge in [0.05, 0.1) is 0 Å². The second-order valence-electron chi connectivity index (χ2n) is 5.46. The summed E-state index contributed by atoms with van der Waals surface area (Å²) in [6.07, 6.45) is 0.0995. The number of Topliss-reactive ketones (excluding diaryl/α,β-unsaturated/α-hetero) is 1. The van der Waals surface area contributed by atoms with Crippen LogP contribution in [0.4, 0.5) is 4.79 Å². The molecule has 2 aromatic carbocycles. The number of hydrogen-bond acceptors (Lipinski definition) is 3. The van der Waals surface area contributed by atoms with Gasteiger partial charge in [-0.1, -0.05) is 58.4 Å². The number of urea groups is 1. The number of nitrogens with zero attached hydrogens (tertiary/aromatic N) is 1. The third-order valence-corrected chi connectivity index (χ3v) is 4.42. The van der Waals surface area contributed by atoms with Crippen molar-refractivity contribution in [3.05, 3.63) is 70.2 Å². The first-order chi connectivity index (χ1) is 11.6. The first-order valence-electron chi connectivity index (χ1n) is 7.52. The van der Waals surface area contributed by atoms with Gasteiger partial charge in [0.25, 0.3) is 5.91 Å². The summed E-state index contributed by atoms with van der Waals surface area (Å²) in [5.41, 5.74) is 1.29. The molecular weight excluding hydrogens is 372 g/mol. The van der Waals surface area contributed by atoms with Crippen molar-refractivity contribution in [1.82, 2.24) is 10.2 Å². The normalized spacial score (nSPS) is 17.0. The fourth-order valence-corrected chi connectivity index (χ4v) is 2.86. The van der Waals surface area contributed by atoms with E-state index in [9.17, 15) is 14.4 Å². The highest BCUT2D eigenvalue weighted by Gasteiger charge is 2.38. The Morgan fingerprint density at radius 3 is 2.38 bits per heavy atom. The molecule has 1 unspecified atom stereocenters. The van der Waals surface area contributed by atoms with E-state index in [0.717, 1.165) is 14.9 Å². The summed E-state index contributed by atoms with van der Waals surface area (Å²) in [6, 6.07) is 14.9. The van der Waals surface area contributed by atoms with Gasteiger partial charge in [0, 0.05) is 23.0 Å². The first-order valence-corrected chi connectivity index (χ1v) is 8.31. The Balaban J connectivity index is 1.65. The Labute approximate surface area is 147 Å². The smallest absolute Gasteiger partial charge is 0.322 e. The molecule has 0 aliphatic carbocycles. The Kier molecular flexibility index (Phi) is 4.76. The van der Waals surface area contributed by atoms with Crippen LogP contribution in [0.25, 0.3) is 0 Å². The van der Waals surface area contributed by atoms with Crippen molar-refractivity contribution in [3.63, 3.8) is 0 Å². The molecule has 122 valence electrons. The number of benzene rings is 2. The van der Waals surface area contributed by atoms with Crippen molar-refractivity contribution >= 4 is 33.7 Å². The number of imide groups is 1. The summed E-state index contributed by atoms with van der Waals surface area (Å²) in [5.74, 6) is -0.430. The zero-order chi connectivity index (χ0) is 17.1. The molecule has 6 heteroatoms. The zero-order valence-electron chi connectivity index (χ0n) is 12.7. The molecule has 24 heavy (non-hydrogen) atoms. The lowest BCUT2D eigenvalue weighted by Gasteiger charge is -2.12. The third-order valence-electron chi connectivity index (χ3n) is 3.89. The molecule has 0 bridgehead atoms. The predicted octanol–water partition coefficient (Wildman–Crippen LogP) is 3.32. The standard InChI is InChI=1S/C18H15BrN2O3/c19-14-8-6-12(7-9-14)15(22)10-11-21-17(23)16(20-18(21)24)13-4-2-1-3-5-13/h1-9,16H,10-11H2,(H,20,24). The van der Waals surface area contributed by atoms with E-state index < -0.39 is 12.1 Å². The predicted molar refractivity (Wildman–Crippen MR) is 92.5 cm³/mol. The van der Waals surface area contributed by atoms with Crippen molar-refractivity contribution in [2.75, 3.05) is 6.54 Å². The van der Waals surface area contributed by atoms with Gasteiger partial charge in [0.15, 0.2) is 5.78 Å². The monoisotopic (exact) mass is 386 g/mol. The van der Waals surface area contributed by atoms with E-state index in [0.29, 0.717) is 5.56 Å². The number of carbonyl (C=O) groups excluding carboxylic acids is 3. The van der Waals surface area contributed by atoms with Crippen molar-refractivity contribution in [2.24, 2.45) is 0 Å². The van der Waals surface area contributed by atoms with Crippen LogP contribution in [0.3, 0.4) is 0 Å². The van der Waals surface area contributed by atoms with E-state index in [4.69, 9.17) is 0 Å². The van der Waals surface area contributed by atoms with Crippen molar-refractivity contribution in [3.8, 4) is 0 Å². The van der Waals surface area contributed by atoms with Crippen LogP contribution < -0.4 is 5.32 Å². The molecule has 0 aromatic heterocycles. The van der Waals surface area contributed by atoms with Gasteiger partial charge in [-0.3, -0.25) is 14.5 Å². The van der Waals surface area contributed by atoms with Gasteiger partial charge in [-0.2, -0.15) is 0 Å². The lowest BCUT2D eigenvalue weighted by molar-refractivity contribution is -0.127.